The molecule has 0 radical (unpaired) electrons. The van der Waals surface area contributed by atoms with E-state index in [1.54, 1.807) is 6.07 Å². The van der Waals surface area contributed by atoms with Gasteiger partial charge in [0.05, 0.1) is 0 Å². The molecule has 2 aromatic rings. The molecule has 1 atom stereocenters. The molecule has 0 aromatic heterocycles. The van der Waals surface area contributed by atoms with Gasteiger partial charge in [0.1, 0.15) is 12.4 Å². The van der Waals surface area contributed by atoms with Gasteiger partial charge in [-0.1, -0.05) is 52.1 Å². The lowest BCUT2D eigenvalue weighted by atomic mass is 10.1. The summed E-state index contributed by atoms with van der Waals surface area (Å²) in [5.74, 6) is 0.856. The molecule has 0 amide bonds. The standard InChI is InChI=1S/C18H20BrCl2NO.ClH/c1-3-12(2)22-10-14-8-15(19)5-7-18(14)23-11-13-4-6-16(20)9-17(13)21;/h4-9,12,22H,3,10-11H2,1-2H3;1H. The van der Waals surface area contributed by atoms with Crippen LogP contribution in [-0.2, 0) is 13.2 Å². The Hall–Kier alpha value is -0.450. The summed E-state index contributed by atoms with van der Waals surface area (Å²) in [6, 6.07) is 11.9. The second-order valence-electron chi connectivity index (χ2n) is 5.47. The molecule has 132 valence electrons. The van der Waals surface area contributed by atoms with Crippen LogP contribution in [0.25, 0.3) is 0 Å². The lowest BCUT2D eigenvalue weighted by molar-refractivity contribution is 0.301. The second-order valence-corrected chi connectivity index (χ2v) is 7.23. The van der Waals surface area contributed by atoms with Gasteiger partial charge in [-0.2, -0.15) is 0 Å². The number of hydrogen-bond acceptors (Lipinski definition) is 2. The number of nitrogens with one attached hydrogen (secondary N) is 1. The van der Waals surface area contributed by atoms with Crippen LogP contribution >= 0.6 is 51.5 Å². The second kappa shape index (κ2) is 10.5. The van der Waals surface area contributed by atoms with Crippen LogP contribution in [0.1, 0.15) is 31.4 Å². The lowest BCUT2D eigenvalue weighted by Crippen LogP contribution is -2.24. The van der Waals surface area contributed by atoms with Crippen LogP contribution in [0, 0.1) is 0 Å². The summed E-state index contributed by atoms with van der Waals surface area (Å²) in [6.07, 6.45) is 1.09. The maximum atomic E-state index is 6.20. The van der Waals surface area contributed by atoms with E-state index in [4.69, 9.17) is 27.9 Å². The number of halogens is 4. The molecule has 0 aliphatic rings. The van der Waals surface area contributed by atoms with Crippen LogP contribution in [0.5, 0.6) is 5.75 Å². The molecule has 0 saturated heterocycles. The summed E-state index contributed by atoms with van der Waals surface area (Å²) >= 11 is 15.6. The first-order chi connectivity index (χ1) is 11.0. The molecule has 0 bridgehead atoms. The molecule has 0 aliphatic carbocycles. The van der Waals surface area contributed by atoms with Gasteiger partial charge in [0.15, 0.2) is 0 Å². The Labute approximate surface area is 168 Å². The Kier molecular flexibility index (Phi) is 9.47. The smallest absolute Gasteiger partial charge is 0.124 e. The SMILES string of the molecule is CCC(C)NCc1cc(Br)ccc1OCc1ccc(Cl)cc1Cl.Cl. The molecule has 6 heteroatoms. The average Bonchev–Trinajstić information content (AvgIpc) is 2.53. The van der Waals surface area contributed by atoms with Crippen molar-refractivity contribution in [1.82, 2.24) is 5.32 Å². The molecule has 0 fully saturated rings. The van der Waals surface area contributed by atoms with E-state index in [-0.39, 0.29) is 12.4 Å². The normalized spacial score (nSPS) is 11.7. The van der Waals surface area contributed by atoms with Crippen LogP contribution in [-0.4, -0.2) is 6.04 Å². The maximum absolute atomic E-state index is 6.20. The van der Waals surface area contributed by atoms with Gasteiger partial charge in [-0.05, 0) is 43.7 Å². The van der Waals surface area contributed by atoms with Crippen molar-refractivity contribution in [2.75, 3.05) is 0 Å². The predicted molar refractivity (Wildman–Crippen MR) is 109 cm³/mol. The summed E-state index contributed by atoms with van der Waals surface area (Å²) in [5.41, 5.74) is 2.03. The van der Waals surface area contributed by atoms with Crippen LogP contribution in [0.2, 0.25) is 10.0 Å². The van der Waals surface area contributed by atoms with Gasteiger partial charge in [-0.15, -0.1) is 12.4 Å². The van der Waals surface area contributed by atoms with E-state index >= 15 is 0 Å². The van der Waals surface area contributed by atoms with Crippen molar-refractivity contribution in [3.05, 3.63) is 62.0 Å². The van der Waals surface area contributed by atoms with Gasteiger partial charge >= 0.3 is 0 Å². The first-order valence-corrected chi connectivity index (χ1v) is 9.13. The Bertz CT molecular complexity index is 667. The van der Waals surface area contributed by atoms with E-state index in [1.165, 1.54) is 0 Å². The molecule has 1 N–H and O–H groups in total. The number of ether oxygens (including phenoxy) is 1. The summed E-state index contributed by atoms with van der Waals surface area (Å²) < 4.78 is 7.01. The summed E-state index contributed by atoms with van der Waals surface area (Å²) in [5, 5.41) is 4.73. The Morgan fingerprint density at radius 1 is 1.12 bits per heavy atom. The van der Waals surface area contributed by atoms with E-state index < -0.39 is 0 Å². The first-order valence-electron chi connectivity index (χ1n) is 7.58. The van der Waals surface area contributed by atoms with Crippen LogP contribution in [0.4, 0.5) is 0 Å². The minimum absolute atomic E-state index is 0. The highest BCUT2D eigenvalue weighted by molar-refractivity contribution is 9.10. The molecule has 2 nitrogen and oxygen atoms in total. The monoisotopic (exact) mass is 451 g/mol. The fourth-order valence-electron chi connectivity index (χ4n) is 2.05. The van der Waals surface area contributed by atoms with Crippen molar-refractivity contribution >= 4 is 51.5 Å². The molecule has 0 saturated carbocycles. The summed E-state index contributed by atoms with van der Waals surface area (Å²) in [4.78, 5) is 0. The minimum atomic E-state index is 0. The fourth-order valence-corrected chi connectivity index (χ4v) is 2.92. The molecule has 2 aromatic carbocycles. The Morgan fingerprint density at radius 3 is 2.54 bits per heavy atom. The largest absolute Gasteiger partial charge is 0.489 e. The molecule has 0 heterocycles. The zero-order chi connectivity index (χ0) is 16.8. The average molecular weight is 454 g/mol. The molecular formula is C18H21BrCl3NO. The topological polar surface area (TPSA) is 21.3 Å². The molecule has 0 spiro atoms. The van der Waals surface area contributed by atoms with Crippen molar-refractivity contribution in [2.24, 2.45) is 0 Å². The molecule has 1 unspecified atom stereocenters. The highest BCUT2D eigenvalue weighted by atomic mass is 79.9. The minimum Gasteiger partial charge on any atom is -0.489 e. The molecule has 24 heavy (non-hydrogen) atoms. The zero-order valence-corrected chi connectivity index (χ0v) is 17.5. The van der Waals surface area contributed by atoms with Gasteiger partial charge < -0.3 is 10.1 Å². The van der Waals surface area contributed by atoms with E-state index in [0.29, 0.717) is 22.7 Å². The maximum Gasteiger partial charge on any atom is 0.124 e. The van der Waals surface area contributed by atoms with Crippen molar-refractivity contribution in [2.45, 2.75) is 39.5 Å². The van der Waals surface area contributed by atoms with Gasteiger partial charge in [0.2, 0.25) is 0 Å². The van der Waals surface area contributed by atoms with Gasteiger partial charge in [-0.3, -0.25) is 0 Å². The van der Waals surface area contributed by atoms with Crippen molar-refractivity contribution in [3.63, 3.8) is 0 Å². The third kappa shape index (κ3) is 6.45. The van der Waals surface area contributed by atoms with E-state index in [2.05, 4.69) is 41.2 Å². The predicted octanol–water partition coefficient (Wildman–Crippen LogP) is 6.64. The van der Waals surface area contributed by atoms with Gasteiger partial charge in [0, 0.05) is 38.2 Å². The number of hydrogen-bond donors (Lipinski definition) is 1. The molecule has 2 rings (SSSR count). The van der Waals surface area contributed by atoms with Crippen molar-refractivity contribution in [3.8, 4) is 5.75 Å². The highest BCUT2D eigenvalue weighted by Crippen LogP contribution is 2.26. The van der Waals surface area contributed by atoms with Gasteiger partial charge in [-0.25, -0.2) is 0 Å². The summed E-state index contributed by atoms with van der Waals surface area (Å²) in [7, 11) is 0. The van der Waals surface area contributed by atoms with Gasteiger partial charge in [0.25, 0.3) is 0 Å². The third-order valence-electron chi connectivity index (χ3n) is 3.67. The number of benzene rings is 2. The van der Waals surface area contributed by atoms with Crippen molar-refractivity contribution in [1.29, 1.82) is 0 Å². The lowest BCUT2D eigenvalue weighted by Gasteiger charge is -2.16. The van der Waals surface area contributed by atoms with Crippen LogP contribution in [0.3, 0.4) is 0 Å². The number of rotatable bonds is 7. The molecular weight excluding hydrogens is 432 g/mol. The van der Waals surface area contributed by atoms with Crippen LogP contribution in [0.15, 0.2) is 40.9 Å². The first kappa shape index (κ1) is 21.6. The van der Waals surface area contributed by atoms with E-state index in [0.717, 1.165) is 34.3 Å². The zero-order valence-electron chi connectivity index (χ0n) is 13.6. The Balaban J connectivity index is 0.00000288. The molecule has 0 aliphatic heterocycles. The fraction of sp³-hybridized carbons (Fsp3) is 0.333. The summed E-state index contributed by atoms with van der Waals surface area (Å²) in [6.45, 7) is 5.51. The third-order valence-corrected chi connectivity index (χ3v) is 4.75. The highest BCUT2D eigenvalue weighted by Gasteiger charge is 2.08. The van der Waals surface area contributed by atoms with E-state index in [1.807, 2.05) is 24.3 Å². The quantitative estimate of drug-likeness (QED) is 0.507. The van der Waals surface area contributed by atoms with Crippen LogP contribution < -0.4 is 10.1 Å². The van der Waals surface area contributed by atoms with Crippen molar-refractivity contribution < 1.29 is 4.74 Å². The van der Waals surface area contributed by atoms with E-state index in [9.17, 15) is 0 Å². The Morgan fingerprint density at radius 2 is 1.88 bits per heavy atom.